The summed E-state index contributed by atoms with van der Waals surface area (Å²) in [5.74, 6) is -0.669. The van der Waals surface area contributed by atoms with Gasteiger partial charge in [0.1, 0.15) is 5.54 Å². The van der Waals surface area contributed by atoms with E-state index in [1.807, 2.05) is 6.92 Å². The molecule has 1 aliphatic carbocycles. The van der Waals surface area contributed by atoms with Crippen molar-refractivity contribution in [2.75, 3.05) is 6.54 Å². The minimum Gasteiger partial charge on any atom is -0.447 e. The van der Waals surface area contributed by atoms with Crippen molar-refractivity contribution in [1.29, 1.82) is 0 Å². The van der Waals surface area contributed by atoms with E-state index in [1.54, 1.807) is 19.9 Å². The third-order valence-corrected chi connectivity index (χ3v) is 3.54. The van der Waals surface area contributed by atoms with Crippen LogP contribution in [0.3, 0.4) is 0 Å². The van der Waals surface area contributed by atoms with Crippen LogP contribution in [-0.4, -0.2) is 29.4 Å². The molecule has 0 bridgehead atoms. The van der Waals surface area contributed by atoms with Crippen LogP contribution in [-0.2, 0) is 14.3 Å². The molecule has 0 aromatic carbocycles. The van der Waals surface area contributed by atoms with E-state index >= 15 is 0 Å². The highest BCUT2D eigenvalue weighted by molar-refractivity contribution is 6.00. The number of carbonyl (C=O) groups excluding carboxylic acids is 2. The largest absolute Gasteiger partial charge is 0.447 e. The number of azo groups is 1. The van der Waals surface area contributed by atoms with Gasteiger partial charge in [-0.3, -0.25) is 9.59 Å². The van der Waals surface area contributed by atoms with Crippen molar-refractivity contribution in [3.05, 3.63) is 11.6 Å². The fourth-order valence-corrected chi connectivity index (χ4v) is 2.79. The van der Waals surface area contributed by atoms with Crippen LogP contribution in [0.4, 0.5) is 0 Å². The minimum atomic E-state index is -1.22. The molecule has 2 rings (SSSR count). The Labute approximate surface area is 99.9 Å². The Morgan fingerprint density at radius 3 is 2.76 bits per heavy atom. The second kappa shape index (κ2) is 3.48. The van der Waals surface area contributed by atoms with Gasteiger partial charge in [-0.2, -0.15) is 10.2 Å². The van der Waals surface area contributed by atoms with Crippen LogP contribution in [0.1, 0.15) is 27.7 Å². The Bertz CT molecular complexity index is 455. The monoisotopic (exact) mass is 236 g/mol. The molecule has 0 fully saturated rings. The Balaban J connectivity index is 2.48. The molecule has 0 spiro atoms. The number of nitrogens with zero attached hydrogens (tertiary/aromatic N) is 2. The van der Waals surface area contributed by atoms with Gasteiger partial charge in [-0.25, -0.2) is 0 Å². The lowest BCUT2D eigenvalue weighted by molar-refractivity contribution is -0.162. The van der Waals surface area contributed by atoms with Gasteiger partial charge in [-0.05, 0) is 26.8 Å². The molecule has 1 aliphatic heterocycles. The average molecular weight is 236 g/mol. The van der Waals surface area contributed by atoms with Crippen LogP contribution in [0.2, 0.25) is 0 Å². The van der Waals surface area contributed by atoms with Crippen LogP contribution in [0, 0.1) is 5.92 Å². The number of Topliss-reactive ketones (excluding diaryl/α,β-unsaturated/α-hetero) is 1. The summed E-state index contributed by atoms with van der Waals surface area (Å²) in [5.41, 5.74) is -1.10. The molecular formula is C12H16N2O3. The van der Waals surface area contributed by atoms with Crippen molar-refractivity contribution in [3.8, 4) is 0 Å². The van der Waals surface area contributed by atoms with E-state index in [1.165, 1.54) is 6.92 Å². The molecule has 2 aliphatic rings. The van der Waals surface area contributed by atoms with Gasteiger partial charge in [0.25, 0.3) is 0 Å². The average Bonchev–Trinajstić information content (AvgIpc) is 2.58. The maximum Gasteiger partial charge on any atom is 0.303 e. The first-order valence-corrected chi connectivity index (χ1v) is 5.62. The van der Waals surface area contributed by atoms with Crippen LogP contribution in [0.15, 0.2) is 21.9 Å². The number of hydrogen-bond acceptors (Lipinski definition) is 5. The summed E-state index contributed by atoms with van der Waals surface area (Å²) in [5, 5.41) is 8.04. The van der Waals surface area contributed by atoms with E-state index in [4.69, 9.17) is 4.74 Å². The summed E-state index contributed by atoms with van der Waals surface area (Å²) in [6, 6.07) is 0. The molecular weight excluding hydrogens is 220 g/mol. The van der Waals surface area contributed by atoms with E-state index in [2.05, 4.69) is 10.2 Å². The molecule has 0 aromatic rings. The van der Waals surface area contributed by atoms with Crippen LogP contribution < -0.4 is 0 Å². The lowest BCUT2D eigenvalue weighted by Crippen LogP contribution is -2.56. The maximum atomic E-state index is 12.5. The SMILES string of the molecule is CC(=O)OC1(C)C=C(C)C2CN=NC2(C)C1=O. The zero-order valence-electron chi connectivity index (χ0n) is 10.5. The Kier molecular flexibility index (Phi) is 2.45. The van der Waals surface area contributed by atoms with E-state index < -0.39 is 17.1 Å². The maximum absolute atomic E-state index is 12.5. The van der Waals surface area contributed by atoms with Crippen molar-refractivity contribution in [3.63, 3.8) is 0 Å². The normalized spacial score (nSPS) is 39.9. The summed E-state index contributed by atoms with van der Waals surface area (Å²) in [4.78, 5) is 23.6. The van der Waals surface area contributed by atoms with Crippen molar-refractivity contribution in [2.45, 2.75) is 38.8 Å². The molecule has 0 saturated carbocycles. The summed E-state index contributed by atoms with van der Waals surface area (Å²) in [6.07, 6.45) is 1.72. The fourth-order valence-electron chi connectivity index (χ4n) is 2.79. The van der Waals surface area contributed by atoms with Gasteiger partial charge in [-0.15, -0.1) is 0 Å². The molecule has 0 N–H and O–H groups in total. The Hall–Kier alpha value is -1.52. The first-order chi connectivity index (χ1) is 7.79. The lowest BCUT2D eigenvalue weighted by atomic mass is 9.69. The van der Waals surface area contributed by atoms with Gasteiger partial charge in [0.2, 0.25) is 5.78 Å². The number of fused-ring (bicyclic) bond motifs is 1. The van der Waals surface area contributed by atoms with E-state index in [-0.39, 0.29) is 11.7 Å². The number of carbonyl (C=O) groups is 2. The third kappa shape index (κ3) is 1.61. The fraction of sp³-hybridized carbons (Fsp3) is 0.667. The molecule has 0 saturated heterocycles. The van der Waals surface area contributed by atoms with Crippen LogP contribution >= 0.6 is 0 Å². The van der Waals surface area contributed by atoms with E-state index in [0.29, 0.717) is 6.54 Å². The van der Waals surface area contributed by atoms with Crippen LogP contribution in [0.5, 0.6) is 0 Å². The molecule has 1 heterocycles. The molecule has 5 nitrogen and oxygen atoms in total. The first kappa shape index (κ1) is 12.0. The predicted molar refractivity (Wildman–Crippen MR) is 60.6 cm³/mol. The van der Waals surface area contributed by atoms with Gasteiger partial charge in [-0.1, -0.05) is 5.57 Å². The molecule has 3 unspecified atom stereocenters. The molecule has 0 amide bonds. The molecule has 17 heavy (non-hydrogen) atoms. The van der Waals surface area contributed by atoms with Gasteiger partial charge >= 0.3 is 5.97 Å². The number of ketones is 1. The summed E-state index contributed by atoms with van der Waals surface area (Å²) < 4.78 is 5.17. The molecule has 92 valence electrons. The number of hydrogen-bond donors (Lipinski definition) is 0. The van der Waals surface area contributed by atoms with Gasteiger partial charge < -0.3 is 4.74 Å². The van der Waals surface area contributed by atoms with E-state index in [9.17, 15) is 9.59 Å². The van der Waals surface area contributed by atoms with Crippen molar-refractivity contribution < 1.29 is 14.3 Å². The predicted octanol–water partition coefficient (Wildman–Crippen LogP) is 1.68. The zero-order chi connectivity index (χ0) is 12.8. The van der Waals surface area contributed by atoms with Gasteiger partial charge in [0, 0.05) is 12.8 Å². The lowest BCUT2D eigenvalue weighted by Gasteiger charge is -2.39. The van der Waals surface area contributed by atoms with Crippen molar-refractivity contribution in [1.82, 2.24) is 0 Å². The van der Waals surface area contributed by atoms with Crippen molar-refractivity contribution in [2.24, 2.45) is 16.1 Å². The second-order valence-electron chi connectivity index (χ2n) is 5.04. The second-order valence-corrected chi connectivity index (χ2v) is 5.04. The van der Waals surface area contributed by atoms with Gasteiger partial charge in [0.05, 0.1) is 6.54 Å². The summed E-state index contributed by atoms with van der Waals surface area (Å²) >= 11 is 0. The van der Waals surface area contributed by atoms with E-state index in [0.717, 1.165) is 5.57 Å². The quantitative estimate of drug-likeness (QED) is 0.513. The highest BCUT2D eigenvalue weighted by Crippen LogP contribution is 2.43. The third-order valence-electron chi connectivity index (χ3n) is 3.54. The Morgan fingerprint density at radius 2 is 2.18 bits per heavy atom. The molecule has 5 heteroatoms. The van der Waals surface area contributed by atoms with Crippen molar-refractivity contribution >= 4 is 11.8 Å². The Morgan fingerprint density at radius 1 is 1.53 bits per heavy atom. The highest BCUT2D eigenvalue weighted by Gasteiger charge is 2.56. The first-order valence-electron chi connectivity index (χ1n) is 5.62. The molecule has 3 atom stereocenters. The zero-order valence-corrected chi connectivity index (χ0v) is 10.5. The highest BCUT2D eigenvalue weighted by atomic mass is 16.6. The molecule has 0 radical (unpaired) electrons. The summed E-state index contributed by atoms with van der Waals surface area (Å²) in [7, 11) is 0. The summed E-state index contributed by atoms with van der Waals surface area (Å²) in [6.45, 7) is 7.12. The number of ether oxygens (including phenoxy) is 1. The topological polar surface area (TPSA) is 68.1 Å². The van der Waals surface area contributed by atoms with Crippen LogP contribution in [0.25, 0.3) is 0 Å². The number of esters is 1. The van der Waals surface area contributed by atoms with Gasteiger partial charge in [0.15, 0.2) is 5.60 Å². The smallest absolute Gasteiger partial charge is 0.303 e. The minimum absolute atomic E-state index is 0.00127. The standard InChI is InChI=1S/C12H16N2O3/c1-7-5-11(3,17-8(2)15)10(16)12(4)9(7)6-13-14-12/h5,9H,6H2,1-4H3. The number of rotatable bonds is 1. The molecule has 0 aromatic heterocycles.